The van der Waals surface area contributed by atoms with Crippen LogP contribution in [0.25, 0.3) is 0 Å². The van der Waals surface area contributed by atoms with Crippen LogP contribution in [-0.2, 0) is 4.79 Å². The van der Waals surface area contributed by atoms with Gasteiger partial charge < -0.3 is 10.4 Å². The van der Waals surface area contributed by atoms with Crippen molar-refractivity contribution in [3.05, 3.63) is 57.2 Å². The molecule has 2 aromatic rings. The first-order chi connectivity index (χ1) is 11.0. The van der Waals surface area contributed by atoms with Gasteiger partial charge in [0.1, 0.15) is 11.8 Å². The van der Waals surface area contributed by atoms with Crippen LogP contribution in [0.2, 0.25) is 0 Å². The number of amides is 1. The Hall–Kier alpha value is -2.09. The van der Waals surface area contributed by atoms with E-state index in [0.29, 0.717) is 0 Å². The van der Waals surface area contributed by atoms with Gasteiger partial charge in [0.25, 0.3) is 5.91 Å². The van der Waals surface area contributed by atoms with E-state index < -0.39 is 6.04 Å². The fourth-order valence-electron chi connectivity index (χ4n) is 1.88. The molecule has 0 unspecified atom stereocenters. The van der Waals surface area contributed by atoms with Crippen molar-refractivity contribution in [2.45, 2.75) is 19.9 Å². The second kappa shape index (κ2) is 7.96. The second-order valence-electron chi connectivity index (χ2n) is 5.16. The Morgan fingerprint density at radius 3 is 2.61 bits per heavy atom. The summed E-state index contributed by atoms with van der Waals surface area (Å²) in [6.07, 6.45) is 1.53. The quantitative estimate of drug-likeness (QED) is 0.393. The van der Waals surface area contributed by atoms with Crippen molar-refractivity contribution in [2.24, 2.45) is 5.10 Å². The molecular weight excluding hydrogens is 405 g/mol. The number of phenols is 1. The van der Waals surface area contributed by atoms with Gasteiger partial charge in [-0.25, -0.2) is 5.43 Å². The molecular formula is C17H18IN3O2. The fourth-order valence-corrected chi connectivity index (χ4v) is 2.21. The van der Waals surface area contributed by atoms with Gasteiger partial charge in [0.15, 0.2) is 0 Å². The monoisotopic (exact) mass is 423 g/mol. The minimum absolute atomic E-state index is 0.192. The Labute approximate surface area is 148 Å². The molecule has 23 heavy (non-hydrogen) atoms. The van der Waals surface area contributed by atoms with Crippen LogP contribution in [-0.4, -0.2) is 23.3 Å². The first kappa shape index (κ1) is 17.3. The van der Waals surface area contributed by atoms with Gasteiger partial charge in [0, 0.05) is 9.26 Å². The number of nitrogens with one attached hydrogen (secondary N) is 2. The summed E-state index contributed by atoms with van der Waals surface area (Å²) in [4.78, 5) is 12.0. The summed E-state index contributed by atoms with van der Waals surface area (Å²) in [5, 5.41) is 16.3. The van der Waals surface area contributed by atoms with Gasteiger partial charge in [0.2, 0.25) is 0 Å². The van der Waals surface area contributed by atoms with Crippen LogP contribution in [0.3, 0.4) is 0 Å². The number of anilines is 1. The lowest BCUT2D eigenvalue weighted by Gasteiger charge is -2.14. The number of carbonyl (C=O) groups excluding carboxylic acids is 1. The largest absolute Gasteiger partial charge is 0.508 e. The Bertz CT molecular complexity index is 714. The average molecular weight is 423 g/mol. The SMILES string of the molecule is Cc1cc(N[C@H](C)C(=O)N/N=C\c2ccc(O)cc2)ccc1I. The molecule has 3 N–H and O–H groups in total. The average Bonchev–Trinajstić information content (AvgIpc) is 2.52. The molecule has 6 heteroatoms. The predicted molar refractivity (Wildman–Crippen MR) is 101 cm³/mol. The number of hydrogen-bond donors (Lipinski definition) is 3. The van der Waals surface area contributed by atoms with Gasteiger partial charge in [-0.05, 0) is 90.0 Å². The number of aryl methyl sites for hydroxylation is 1. The molecule has 0 aromatic heterocycles. The van der Waals surface area contributed by atoms with Crippen molar-refractivity contribution in [1.82, 2.24) is 5.43 Å². The highest BCUT2D eigenvalue weighted by Gasteiger charge is 2.11. The van der Waals surface area contributed by atoms with Crippen molar-refractivity contribution < 1.29 is 9.90 Å². The number of benzene rings is 2. The topological polar surface area (TPSA) is 73.7 Å². The number of nitrogens with zero attached hydrogens (tertiary/aromatic N) is 1. The van der Waals surface area contributed by atoms with E-state index in [1.807, 2.05) is 25.1 Å². The van der Waals surface area contributed by atoms with E-state index in [4.69, 9.17) is 0 Å². The van der Waals surface area contributed by atoms with Gasteiger partial charge in [0.05, 0.1) is 6.21 Å². The number of hydrogen-bond acceptors (Lipinski definition) is 4. The summed E-state index contributed by atoms with van der Waals surface area (Å²) >= 11 is 2.27. The second-order valence-corrected chi connectivity index (χ2v) is 6.32. The van der Waals surface area contributed by atoms with E-state index in [9.17, 15) is 9.90 Å². The first-order valence-corrected chi connectivity index (χ1v) is 8.18. The van der Waals surface area contributed by atoms with Crippen molar-refractivity contribution >= 4 is 40.4 Å². The third kappa shape index (κ3) is 5.24. The highest BCUT2D eigenvalue weighted by molar-refractivity contribution is 14.1. The molecule has 2 aromatic carbocycles. The smallest absolute Gasteiger partial charge is 0.262 e. The summed E-state index contributed by atoms with van der Waals surface area (Å²) in [5.74, 6) is -0.0342. The lowest BCUT2D eigenvalue weighted by atomic mass is 10.2. The molecule has 0 bridgehead atoms. The Morgan fingerprint density at radius 2 is 1.96 bits per heavy atom. The van der Waals surface area contributed by atoms with Crippen LogP contribution in [0.5, 0.6) is 5.75 Å². The molecule has 0 radical (unpaired) electrons. The summed E-state index contributed by atoms with van der Waals surface area (Å²) in [6.45, 7) is 3.80. The minimum atomic E-state index is -0.411. The fraction of sp³-hybridized carbons (Fsp3) is 0.176. The summed E-state index contributed by atoms with van der Waals surface area (Å²) in [6, 6.07) is 12.1. The molecule has 0 saturated carbocycles. The van der Waals surface area contributed by atoms with Gasteiger partial charge >= 0.3 is 0 Å². The van der Waals surface area contributed by atoms with E-state index in [2.05, 4.69) is 38.4 Å². The van der Waals surface area contributed by atoms with E-state index >= 15 is 0 Å². The molecule has 0 spiro atoms. The standard InChI is InChI=1S/C17H18IN3O2/c1-11-9-14(5-8-16(11)18)20-12(2)17(23)21-19-10-13-3-6-15(22)7-4-13/h3-10,12,20,22H,1-2H3,(H,21,23)/b19-10-/t12-/m1/s1. The third-order valence-corrected chi connectivity index (χ3v) is 4.43. The van der Waals surface area contributed by atoms with Crippen LogP contribution in [0.4, 0.5) is 5.69 Å². The zero-order valence-electron chi connectivity index (χ0n) is 12.9. The lowest BCUT2D eigenvalue weighted by Crippen LogP contribution is -2.34. The van der Waals surface area contributed by atoms with Gasteiger partial charge in [-0.3, -0.25) is 4.79 Å². The number of rotatable bonds is 5. The van der Waals surface area contributed by atoms with E-state index in [1.165, 1.54) is 9.78 Å². The van der Waals surface area contributed by atoms with Crippen LogP contribution in [0, 0.1) is 10.5 Å². The molecule has 0 aliphatic carbocycles. The maximum atomic E-state index is 12.0. The van der Waals surface area contributed by atoms with Gasteiger partial charge in [-0.2, -0.15) is 5.10 Å². The number of carbonyl (C=O) groups is 1. The molecule has 1 atom stereocenters. The number of phenolic OH excluding ortho intramolecular Hbond substituents is 1. The number of hydrazone groups is 1. The molecule has 0 aliphatic rings. The molecule has 5 nitrogen and oxygen atoms in total. The van der Waals surface area contributed by atoms with E-state index in [-0.39, 0.29) is 11.7 Å². The van der Waals surface area contributed by atoms with Gasteiger partial charge in [-0.15, -0.1) is 0 Å². The maximum absolute atomic E-state index is 12.0. The number of halogens is 1. The molecule has 0 aliphatic heterocycles. The molecule has 2 rings (SSSR count). The molecule has 0 fully saturated rings. The van der Waals surface area contributed by atoms with Crippen LogP contribution < -0.4 is 10.7 Å². The Balaban J connectivity index is 1.89. The van der Waals surface area contributed by atoms with Crippen molar-refractivity contribution in [2.75, 3.05) is 5.32 Å². The van der Waals surface area contributed by atoms with Gasteiger partial charge in [-0.1, -0.05) is 0 Å². The normalized spacial score (nSPS) is 12.1. The first-order valence-electron chi connectivity index (χ1n) is 7.10. The number of aromatic hydroxyl groups is 1. The maximum Gasteiger partial charge on any atom is 0.262 e. The zero-order chi connectivity index (χ0) is 16.8. The minimum Gasteiger partial charge on any atom is -0.508 e. The molecule has 120 valence electrons. The lowest BCUT2D eigenvalue weighted by molar-refractivity contribution is -0.121. The Morgan fingerprint density at radius 1 is 1.26 bits per heavy atom. The predicted octanol–water partition coefficient (Wildman–Crippen LogP) is 3.26. The molecule has 1 amide bonds. The van der Waals surface area contributed by atoms with Crippen molar-refractivity contribution in [3.8, 4) is 5.75 Å². The van der Waals surface area contributed by atoms with Crippen molar-refractivity contribution in [1.29, 1.82) is 0 Å². The van der Waals surface area contributed by atoms with Crippen LogP contribution >= 0.6 is 22.6 Å². The summed E-state index contributed by atoms with van der Waals surface area (Å²) in [7, 11) is 0. The summed E-state index contributed by atoms with van der Waals surface area (Å²) in [5.41, 5.74) is 5.34. The van der Waals surface area contributed by atoms with Crippen LogP contribution in [0.15, 0.2) is 47.6 Å². The molecule has 0 heterocycles. The highest BCUT2D eigenvalue weighted by atomic mass is 127. The van der Waals surface area contributed by atoms with Crippen LogP contribution in [0.1, 0.15) is 18.1 Å². The highest BCUT2D eigenvalue weighted by Crippen LogP contribution is 2.17. The van der Waals surface area contributed by atoms with E-state index in [0.717, 1.165) is 16.8 Å². The van der Waals surface area contributed by atoms with E-state index in [1.54, 1.807) is 31.2 Å². The van der Waals surface area contributed by atoms with Crippen molar-refractivity contribution in [3.63, 3.8) is 0 Å². The third-order valence-electron chi connectivity index (χ3n) is 3.22. The molecule has 0 saturated heterocycles. The Kier molecular flexibility index (Phi) is 5.97. The summed E-state index contributed by atoms with van der Waals surface area (Å²) < 4.78 is 1.18. The zero-order valence-corrected chi connectivity index (χ0v) is 15.0.